The summed E-state index contributed by atoms with van der Waals surface area (Å²) in [5, 5.41) is 0. The Morgan fingerprint density at radius 2 is 1.05 bits per heavy atom. The number of nitrogens with zero attached hydrogens (tertiary/aromatic N) is 1. The zero-order chi connectivity index (χ0) is 27.2. The van der Waals surface area contributed by atoms with Crippen molar-refractivity contribution in [2.24, 2.45) is 0 Å². The molecule has 0 saturated heterocycles. The van der Waals surface area contributed by atoms with Crippen LogP contribution in [0.25, 0.3) is 0 Å². The van der Waals surface area contributed by atoms with Crippen molar-refractivity contribution in [1.29, 1.82) is 0 Å². The molecule has 0 heterocycles. The number of hydrogen-bond acceptors (Lipinski definition) is 5. The van der Waals surface area contributed by atoms with Crippen molar-refractivity contribution < 1.29 is 23.8 Å². The highest BCUT2D eigenvalue weighted by Crippen LogP contribution is 2.14. The van der Waals surface area contributed by atoms with Gasteiger partial charge in [0.1, 0.15) is 0 Å². The van der Waals surface area contributed by atoms with Gasteiger partial charge in [0.25, 0.3) is 0 Å². The quantitative estimate of drug-likeness (QED) is 0.0731. The molecule has 0 aliphatic rings. The molecule has 0 aromatic heterocycles. The van der Waals surface area contributed by atoms with Crippen molar-refractivity contribution >= 4 is 11.9 Å². The van der Waals surface area contributed by atoms with Crippen LogP contribution in [0, 0.1) is 0 Å². The van der Waals surface area contributed by atoms with Gasteiger partial charge in [-0.05, 0) is 12.8 Å². The lowest BCUT2D eigenvalue weighted by Crippen LogP contribution is -2.32. The number of rotatable bonds is 29. The van der Waals surface area contributed by atoms with E-state index in [1.165, 1.54) is 110 Å². The van der Waals surface area contributed by atoms with E-state index in [1.807, 2.05) is 0 Å². The normalized spacial score (nSPS) is 11.1. The van der Waals surface area contributed by atoms with Gasteiger partial charge in [-0.3, -0.25) is 9.59 Å². The molecule has 220 valence electrons. The van der Waals surface area contributed by atoms with Crippen LogP contribution in [0.5, 0.6) is 0 Å². The van der Waals surface area contributed by atoms with Crippen LogP contribution in [0.1, 0.15) is 142 Å². The van der Waals surface area contributed by atoms with Gasteiger partial charge in [-0.1, -0.05) is 116 Å². The van der Waals surface area contributed by atoms with Gasteiger partial charge in [-0.25, -0.2) is 0 Å². The number of carbonyl (C=O) groups is 2. The number of methoxy groups -OCH3 is 1. The second kappa shape index (κ2) is 29.4. The molecule has 0 atom stereocenters. The molecule has 0 aliphatic heterocycles. The van der Waals surface area contributed by atoms with Gasteiger partial charge in [-0.2, -0.15) is 0 Å². The molecular weight excluding hydrogens is 466 g/mol. The average molecular weight is 528 g/mol. The zero-order valence-electron chi connectivity index (χ0n) is 24.9. The fourth-order valence-electron chi connectivity index (χ4n) is 4.52. The first kappa shape index (κ1) is 35.9. The zero-order valence-corrected chi connectivity index (χ0v) is 24.9. The van der Waals surface area contributed by atoms with Gasteiger partial charge in [-0.15, -0.1) is 0 Å². The lowest BCUT2D eigenvalue weighted by molar-refractivity contribution is -0.144. The highest BCUT2D eigenvalue weighted by molar-refractivity contribution is 5.75. The molecule has 0 spiro atoms. The van der Waals surface area contributed by atoms with E-state index in [-0.39, 0.29) is 18.3 Å². The Kier molecular flexibility index (Phi) is 28.5. The number of carbonyl (C=O) groups excluding carboxylic acids is 2. The first-order chi connectivity index (χ1) is 18.1. The molecule has 0 aliphatic carbocycles. The number of hydrogen-bond donors (Lipinski definition) is 0. The lowest BCUT2D eigenvalue weighted by Gasteiger charge is -2.20. The third-order valence-electron chi connectivity index (χ3n) is 6.94. The Balaban J connectivity index is 3.41. The summed E-state index contributed by atoms with van der Waals surface area (Å²) in [6.07, 6.45) is 25.2. The fraction of sp³-hybridized carbons (Fsp3) is 0.935. The minimum absolute atomic E-state index is 0.0202. The molecule has 0 saturated carbocycles. The molecule has 0 fully saturated rings. The predicted molar refractivity (Wildman–Crippen MR) is 154 cm³/mol. The SMILES string of the molecule is CCCCCCCCCCCCCCCCCCCCOC(=O)CCN(CCCOCCOC)C(C)=O. The topological polar surface area (TPSA) is 65.1 Å². The monoisotopic (exact) mass is 527 g/mol. The number of esters is 1. The van der Waals surface area contributed by atoms with Crippen LogP contribution in [-0.2, 0) is 23.8 Å². The molecule has 0 unspecified atom stereocenters. The number of unbranched alkanes of at least 4 members (excludes halogenated alkanes) is 17. The molecule has 6 nitrogen and oxygen atoms in total. The molecule has 1 amide bonds. The van der Waals surface area contributed by atoms with E-state index < -0.39 is 0 Å². The molecule has 0 rings (SSSR count). The van der Waals surface area contributed by atoms with Crippen LogP contribution < -0.4 is 0 Å². The van der Waals surface area contributed by atoms with Crippen LogP contribution >= 0.6 is 0 Å². The van der Waals surface area contributed by atoms with E-state index in [0.29, 0.717) is 39.5 Å². The van der Waals surface area contributed by atoms with Crippen molar-refractivity contribution in [1.82, 2.24) is 4.90 Å². The first-order valence-electron chi connectivity index (χ1n) is 15.6. The van der Waals surface area contributed by atoms with Gasteiger partial charge < -0.3 is 19.1 Å². The first-order valence-corrected chi connectivity index (χ1v) is 15.6. The summed E-state index contributed by atoms with van der Waals surface area (Å²) in [6.45, 7) is 7.02. The third kappa shape index (κ3) is 27.7. The molecule has 0 aromatic carbocycles. The van der Waals surface area contributed by atoms with E-state index in [0.717, 1.165) is 19.3 Å². The second-order valence-electron chi connectivity index (χ2n) is 10.4. The summed E-state index contributed by atoms with van der Waals surface area (Å²) in [6, 6.07) is 0. The van der Waals surface area contributed by atoms with E-state index in [2.05, 4.69) is 6.92 Å². The Hall–Kier alpha value is -1.14. The van der Waals surface area contributed by atoms with E-state index >= 15 is 0 Å². The standard InChI is InChI=1S/C31H61NO5/c1-4-5-6-7-8-9-10-11-12-13-14-15-16-17-18-19-20-21-27-37-31(34)23-25-32(30(2)33)24-22-26-36-29-28-35-3/h4-29H2,1-3H3. The Bertz CT molecular complexity index is 500. The fourth-order valence-corrected chi connectivity index (χ4v) is 4.52. The van der Waals surface area contributed by atoms with Crippen molar-refractivity contribution in [3.63, 3.8) is 0 Å². The Morgan fingerprint density at radius 3 is 1.51 bits per heavy atom. The van der Waals surface area contributed by atoms with Crippen LogP contribution in [0.3, 0.4) is 0 Å². The molecule has 0 N–H and O–H groups in total. The van der Waals surface area contributed by atoms with Gasteiger partial charge >= 0.3 is 5.97 Å². The van der Waals surface area contributed by atoms with Crippen molar-refractivity contribution in [2.75, 3.05) is 46.6 Å². The summed E-state index contributed by atoms with van der Waals surface area (Å²) < 4.78 is 15.7. The smallest absolute Gasteiger partial charge is 0.307 e. The molecule has 6 heteroatoms. The van der Waals surface area contributed by atoms with Crippen LogP contribution in [0.15, 0.2) is 0 Å². The average Bonchev–Trinajstić information content (AvgIpc) is 2.88. The molecule has 0 bridgehead atoms. The summed E-state index contributed by atoms with van der Waals surface area (Å²) in [5.41, 5.74) is 0. The lowest BCUT2D eigenvalue weighted by atomic mass is 10.0. The highest BCUT2D eigenvalue weighted by atomic mass is 16.5. The van der Waals surface area contributed by atoms with Gasteiger partial charge in [0.15, 0.2) is 0 Å². The van der Waals surface area contributed by atoms with Crippen molar-refractivity contribution in [2.45, 2.75) is 142 Å². The van der Waals surface area contributed by atoms with Crippen LogP contribution in [0.2, 0.25) is 0 Å². The van der Waals surface area contributed by atoms with E-state index in [4.69, 9.17) is 14.2 Å². The molecular formula is C31H61NO5. The summed E-state index contributed by atoms with van der Waals surface area (Å²) in [4.78, 5) is 25.5. The minimum atomic E-state index is -0.213. The molecule has 0 radical (unpaired) electrons. The Morgan fingerprint density at radius 1 is 0.568 bits per heavy atom. The molecule has 37 heavy (non-hydrogen) atoms. The van der Waals surface area contributed by atoms with Gasteiger partial charge in [0.2, 0.25) is 5.91 Å². The van der Waals surface area contributed by atoms with Gasteiger partial charge in [0, 0.05) is 33.7 Å². The van der Waals surface area contributed by atoms with E-state index in [1.54, 1.807) is 12.0 Å². The molecule has 0 aromatic rings. The largest absolute Gasteiger partial charge is 0.466 e. The van der Waals surface area contributed by atoms with Crippen LogP contribution in [-0.4, -0.2) is 63.4 Å². The van der Waals surface area contributed by atoms with Crippen molar-refractivity contribution in [3.05, 3.63) is 0 Å². The number of amides is 1. The minimum Gasteiger partial charge on any atom is -0.466 e. The predicted octanol–water partition coefficient (Wildman–Crippen LogP) is 7.86. The number of ether oxygens (including phenoxy) is 3. The maximum atomic E-state index is 12.0. The van der Waals surface area contributed by atoms with Gasteiger partial charge in [0.05, 0.1) is 26.2 Å². The summed E-state index contributed by atoms with van der Waals surface area (Å²) in [5.74, 6) is -0.234. The Labute approximate surface area is 229 Å². The maximum Gasteiger partial charge on any atom is 0.307 e. The third-order valence-corrected chi connectivity index (χ3v) is 6.94. The second-order valence-corrected chi connectivity index (χ2v) is 10.4. The highest BCUT2D eigenvalue weighted by Gasteiger charge is 2.11. The summed E-state index contributed by atoms with van der Waals surface area (Å²) in [7, 11) is 1.64. The maximum absolute atomic E-state index is 12.0. The van der Waals surface area contributed by atoms with Crippen LogP contribution in [0.4, 0.5) is 0 Å². The summed E-state index contributed by atoms with van der Waals surface area (Å²) >= 11 is 0. The van der Waals surface area contributed by atoms with Crippen molar-refractivity contribution in [3.8, 4) is 0 Å². The van der Waals surface area contributed by atoms with E-state index in [9.17, 15) is 9.59 Å².